The average Bonchev–Trinajstić information content (AvgIpc) is 2.55. The molecule has 0 fully saturated rings. The molecule has 0 aliphatic carbocycles. The van der Waals surface area contributed by atoms with Gasteiger partial charge in [0.2, 0.25) is 5.88 Å². The van der Waals surface area contributed by atoms with Crippen molar-refractivity contribution >= 4 is 16.9 Å². The summed E-state index contributed by atoms with van der Waals surface area (Å²) in [5.74, 6) is -0.730. The summed E-state index contributed by atoms with van der Waals surface area (Å²) in [5.41, 5.74) is 6.00. The number of nitrogens with zero attached hydrogens (tertiary/aromatic N) is 1. The molecular weight excluding hydrogens is 208 g/mol. The van der Waals surface area contributed by atoms with Crippen molar-refractivity contribution in [2.24, 2.45) is 5.73 Å². The summed E-state index contributed by atoms with van der Waals surface area (Å²) in [4.78, 5) is 16.3. The van der Waals surface area contributed by atoms with E-state index < -0.39 is 12.0 Å². The third-order valence-electron chi connectivity index (χ3n) is 2.20. The van der Waals surface area contributed by atoms with Gasteiger partial charge in [-0.1, -0.05) is 18.2 Å². The lowest BCUT2D eigenvalue weighted by atomic mass is 10.3. The lowest BCUT2D eigenvalue weighted by Crippen LogP contribution is -2.34. The van der Waals surface area contributed by atoms with Gasteiger partial charge in [-0.2, -0.15) is 0 Å². The van der Waals surface area contributed by atoms with Crippen LogP contribution < -0.4 is 10.6 Å². The van der Waals surface area contributed by atoms with Gasteiger partial charge in [-0.3, -0.25) is 0 Å². The van der Waals surface area contributed by atoms with Crippen LogP contribution in [-0.4, -0.2) is 21.8 Å². The minimum atomic E-state index is -0.736. The number of hydrogen-bond acceptors (Lipinski definition) is 4. The SMILES string of the molecule is C[C@H](N)C(=O)On1c(O)cc2ccccc21. The van der Waals surface area contributed by atoms with Crippen LogP contribution in [0.1, 0.15) is 6.92 Å². The van der Waals surface area contributed by atoms with Crippen LogP contribution in [0.25, 0.3) is 10.9 Å². The molecule has 1 aromatic heterocycles. The van der Waals surface area contributed by atoms with E-state index in [0.29, 0.717) is 5.52 Å². The van der Waals surface area contributed by atoms with E-state index in [2.05, 4.69) is 0 Å². The van der Waals surface area contributed by atoms with Crippen molar-refractivity contribution in [3.05, 3.63) is 30.3 Å². The minimum Gasteiger partial charge on any atom is -0.492 e. The smallest absolute Gasteiger partial charge is 0.349 e. The van der Waals surface area contributed by atoms with E-state index in [9.17, 15) is 9.90 Å². The second-order valence-electron chi connectivity index (χ2n) is 3.55. The number of carbonyl (C=O) groups excluding carboxylic acids is 1. The second kappa shape index (κ2) is 3.86. The Hall–Kier alpha value is -2.01. The highest BCUT2D eigenvalue weighted by Crippen LogP contribution is 2.22. The van der Waals surface area contributed by atoms with E-state index in [0.717, 1.165) is 10.1 Å². The minimum absolute atomic E-state index is 0.129. The predicted octanol–water partition coefficient (Wildman–Crippen LogP) is 0.649. The maximum atomic E-state index is 11.3. The Balaban J connectivity index is 2.44. The predicted molar refractivity (Wildman–Crippen MR) is 58.8 cm³/mol. The van der Waals surface area contributed by atoms with Gasteiger partial charge in [0.15, 0.2) is 0 Å². The number of rotatable bonds is 2. The molecule has 1 atom stereocenters. The average molecular weight is 220 g/mol. The van der Waals surface area contributed by atoms with Gasteiger partial charge >= 0.3 is 5.97 Å². The van der Waals surface area contributed by atoms with Crippen molar-refractivity contribution < 1.29 is 14.7 Å². The highest BCUT2D eigenvalue weighted by molar-refractivity contribution is 5.83. The van der Waals surface area contributed by atoms with Gasteiger partial charge in [0.25, 0.3) is 0 Å². The summed E-state index contributed by atoms with van der Waals surface area (Å²) in [6, 6.07) is 7.95. The van der Waals surface area contributed by atoms with Crippen molar-refractivity contribution in [3.8, 4) is 5.88 Å². The lowest BCUT2D eigenvalue weighted by Gasteiger charge is -2.08. The van der Waals surface area contributed by atoms with Crippen LogP contribution in [0.3, 0.4) is 0 Å². The number of aromatic nitrogens is 1. The molecule has 2 aromatic rings. The first kappa shape index (κ1) is 10.5. The standard InChI is InChI=1S/C11H12N2O3/c1-7(12)11(15)16-13-9-5-3-2-4-8(9)6-10(13)14/h2-7,14H,12H2,1H3/t7-/m0/s1. The molecule has 3 N–H and O–H groups in total. The molecule has 0 radical (unpaired) electrons. The van der Waals surface area contributed by atoms with E-state index in [4.69, 9.17) is 10.6 Å². The third-order valence-corrected chi connectivity index (χ3v) is 2.20. The molecule has 0 spiro atoms. The fourth-order valence-electron chi connectivity index (χ4n) is 1.38. The molecule has 84 valence electrons. The second-order valence-corrected chi connectivity index (χ2v) is 3.55. The van der Waals surface area contributed by atoms with Crippen LogP contribution in [0.15, 0.2) is 30.3 Å². The fraction of sp³-hybridized carbons (Fsp3) is 0.182. The maximum absolute atomic E-state index is 11.3. The fourth-order valence-corrected chi connectivity index (χ4v) is 1.38. The molecule has 5 heteroatoms. The first-order valence-corrected chi connectivity index (χ1v) is 4.87. The normalized spacial score (nSPS) is 12.6. The van der Waals surface area contributed by atoms with Crippen molar-refractivity contribution in [1.29, 1.82) is 0 Å². The van der Waals surface area contributed by atoms with Gasteiger partial charge < -0.3 is 15.7 Å². The van der Waals surface area contributed by atoms with Crippen molar-refractivity contribution in [2.75, 3.05) is 0 Å². The topological polar surface area (TPSA) is 77.5 Å². The summed E-state index contributed by atoms with van der Waals surface area (Å²) in [7, 11) is 0. The lowest BCUT2D eigenvalue weighted by molar-refractivity contribution is -0.145. The summed E-state index contributed by atoms with van der Waals surface area (Å²) in [5, 5.41) is 10.4. The largest absolute Gasteiger partial charge is 0.492 e. The number of para-hydroxylation sites is 1. The molecule has 0 aliphatic heterocycles. The first-order valence-electron chi connectivity index (χ1n) is 4.87. The molecule has 0 unspecified atom stereocenters. The molecule has 0 amide bonds. The molecule has 0 aliphatic rings. The van der Waals surface area contributed by atoms with E-state index >= 15 is 0 Å². The Labute approximate surface area is 92.0 Å². The number of hydrogen-bond donors (Lipinski definition) is 2. The van der Waals surface area contributed by atoms with Crippen LogP contribution in [0.4, 0.5) is 0 Å². The number of carbonyl (C=O) groups is 1. The zero-order valence-corrected chi connectivity index (χ0v) is 8.75. The summed E-state index contributed by atoms with van der Waals surface area (Å²) in [6.45, 7) is 1.52. The van der Waals surface area contributed by atoms with E-state index in [-0.39, 0.29) is 5.88 Å². The highest BCUT2D eigenvalue weighted by Gasteiger charge is 2.15. The Morgan fingerprint density at radius 1 is 1.50 bits per heavy atom. The molecule has 16 heavy (non-hydrogen) atoms. The molecule has 5 nitrogen and oxygen atoms in total. The van der Waals surface area contributed by atoms with Crippen LogP contribution in [-0.2, 0) is 4.79 Å². The van der Waals surface area contributed by atoms with Crippen LogP contribution in [0.5, 0.6) is 5.88 Å². The first-order chi connectivity index (χ1) is 7.59. The van der Waals surface area contributed by atoms with Gasteiger partial charge in [0.05, 0.1) is 5.52 Å². The molecule has 0 bridgehead atoms. The third kappa shape index (κ3) is 1.72. The maximum Gasteiger partial charge on any atom is 0.349 e. The van der Waals surface area contributed by atoms with Crippen molar-refractivity contribution in [1.82, 2.24) is 4.73 Å². The van der Waals surface area contributed by atoms with Gasteiger partial charge in [-0.05, 0) is 13.0 Å². The van der Waals surface area contributed by atoms with Crippen molar-refractivity contribution in [3.63, 3.8) is 0 Å². The van der Waals surface area contributed by atoms with Crippen LogP contribution in [0, 0.1) is 0 Å². The number of benzene rings is 1. The molecule has 2 rings (SSSR count). The monoisotopic (exact) mass is 220 g/mol. The van der Waals surface area contributed by atoms with E-state index in [1.807, 2.05) is 12.1 Å². The van der Waals surface area contributed by atoms with Gasteiger partial charge in [0, 0.05) is 11.5 Å². The molecule has 0 saturated carbocycles. The van der Waals surface area contributed by atoms with Crippen LogP contribution >= 0.6 is 0 Å². The Kier molecular flexibility index (Phi) is 2.54. The molecule has 1 aromatic carbocycles. The van der Waals surface area contributed by atoms with Crippen molar-refractivity contribution in [2.45, 2.75) is 13.0 Å². The van der Waals surface area contributed by atoms with Gasteiger partial charge in [-0.15, -0.1) is 4.73 Å². The summed E-state index contributed by atoms with van der Waals surface area (Å²) in [6.07, 6.45) is 0. The van der Waals surface area contributed by atoms with Crippen LogP contribution in [0.2, 0.25) is 0 Å². The van der Waals surface area contributed by atoms with E-state index in [1.54, 1.807) is 12.1 Å². The highest BCUT2D eigenvalue weighted by atomic mass is 16.7. The summed E-state index contributed by atoms with van der Waals surface area (Å²) < 4.78 is 1.07. The number of aromatic hydroxyl groups is 1. The Morgan fingerprint density at radius 2 is 2.19 bits per heavy atom. The molecular formula is C11H12N2O3. The Bertz CT molecular complexity index is 531. The summed E-state index contributed by atoms with van der Waals surface area (Å²) >= 11 is 0. The Morgan fingerprint density at radius 3 is 2.88 bits per heavy atom. The number of nitrogens with two attached hydrogens (primary N) is 1. The zero-order chi connectivity index (χ0) is 11.7. The van der Waals surface area contributed by atoms with Gasteiger partial charge in [0.1, 0.15) is 6.04 Å². The zero-order valence-electron chi connectivity index (χ0n) is 8.75. The van der Waals surface area contributed by atoms with E-state index in [1.165, 1.54) is 13.0 Å². The number of fused-ring (bicyclic) bond motifs is 1. The molecule has 1 heterocycles. The molecule has 0 saturated heterocycles. The van der Waals surface area contributed by atoms with Gasteiger partial charge in [-0.25, -0.2) is 4.79 Å². The quantitative estimate of drug-likeness (QED) is 0.779.